The molecule has 4 N–H and O–H groups in total. The second kappa shape index (κ2) is 8.64. The summed E-state index contributed by atoms with van der Waals surface area (Å²) in [6.45, 7) is 0. The van der Waals surface area contributed by atoms with E-state index in [1.54, 1.807) is 0 Å². The molecular formula is H8ClNaO7P2Sn. The van der Waals surface area contributed by atoms with E-state index < -0.39 is 15.6 Å². The van der Waals surface area contributed by atoms with E-state index in [9.17, 15) is 9.13 Å². The second-order valence-electron chi connectivity index (χ2n) is 1.06. The molecule has 0 saturated heterocycles. The van der Waals surface area contributed by atoms with Crippen LogP contribution < -0.4 is 29.6 Å². The van der Waals surface area contributed by atoms with Gasteiger partial charge in [-0.1, -0.05) is 0 Å². The third kappa shape index (κ3) is 22.8. The first-order valence-corrected chi connectivity index (χ1v) is 4.59. The summed E-state index contributed by atoms with van der Waals surface area (Å²) in [6.07, 6.45) is 0. The van der Waals surface area contributed by atoms with Crippen LogP contribution in [0, 0.1) is 0 Å². The molecule has 0 aliphatic heterocycles. The molecule has 0 fully saturated rings. The van der Waals surface area contributed by atoms with E-state index in [0.717, 1.165) is 0 Å². The molecule has 0 unspecified atom stereocenters. The van der Waals surface area contributed by atoms with Gasteiger partial charge in [-0.3, -0.25) is 0 Å². The van der Waals surface area contributed by atoms with Crippen molar-refractivity contribution in [3.05, 3.63) is 0 Å². The van der Waals surface area contributed by atoms with E-state index in [1.165, 1.54) is 0 Å². The number of hydrogen-bond donors (Lipinski definition) is 4. The minimum absolute atomic E-state index is 0. The van der Waals surface area contributed by atoms with Crippen LogP contribution in [0.5, 0.6) is 0 Å². The fourth-order valence-electron chi connectivity index (χ4n) is 0.139. The molecule has 0 atom stereocenters. The van der Waals surface area contributed by atoms with Gasteiger partial charge in [0.05, 0.1) is 0 Å². The SMILES string of the molecule is Cl.O=P(O)(O)OP(=O)(O)O.[H-].[Na+].[SnH2]. The zero-order chi connectivity index (χ0) is 7.71. The number of rotatable bonds is 2. The van der Waals surface area contributed by atoms with Crippen LogP contribution in [0.15, 0.2) is 0 Å². The Morgan fingerprint density at radius 2 is 1.17 bits per heavy atom. The van der Waals surface area contributed by atoms with E-state index in [4.69, 9.17) is 19.6 Å². The van der Waals surface area contributed by atoms with Crippen molar-refractivity contribution in [2.75, 3.05) is 0 Å². The van der Waals surface area contributed by atoms with E-state index in [0.29, 0.717) is 0 Å². The molecule has 12 heteroatoms. The fourth-order valence-corrected chi connectivity index (χ4v) is 1.25. The number of halogens is 1. The topological polar surface area (TPSA) is 124 Å². The predicted octanol–water partition coefficient (Wildman–Crippen LogP) is -4.19. The van der Waals surface area contributed by atoms with Gasteiger partial charge < -0.3 is 21.0 Å². The van der Waals surface area contributed by atoms with Crippen LogP contribution in [0.4, 0.5) is 0 Å². The van der Waals surface area contributed by atoms with E-state index in [1.807, 2.05) is 0 Å². The summed E-state index contributed by atoms with van der Waals surface area (Å²) in [5.41, 5.74) is 0. The van der Waals surface area contributed by atoms with E-state index >= 15 is 0 Å². The van der Waals surface area contributed by atoms with Gasteiger partial charge in [0.2, 0.25) is 0 Å². The van der Waals surface area contributed by atoms with Gasteiger partial charge >= 0.3 is 69.1 Å². The quantitative estimate of drug-likeness (QED) is 0.291. The number of hydrogen-bond acceptors (Lipinski definition) is 3. The monoisotopic (exact) mass is 360 g/mol. The summed E-state index contributed by atoms with van der Waals surface area (Å²) in [5.74, 6) is 0. The van der Waals surface area contributed by atoms with Crippen molar-refractivity contribution >= 4 is 52.0 Å². The van der Waals surface area contributed by atoms with Crippen molar-refractivity contribution in [3.63, 3.8) is 0 Å². The molecule has 7 nitrogen and oxygen atoms in total. The average molecular weight is 359 g/mol. The number of phosphoric acid groups is 2. The normalized spacial score (nSPS) is 10.3. The average Bonchev–Trinajstić information content (AvgIpc) is 1.14. The minimum atomic E-state index is -5.05. The Morgan fingerprint density at radius 1 is 1.00 bits per heavy atom. The molecule has 72 valence electrons. The van der Waals surface area contributed by atoms with Gasteiger partial charge in [0.15, 0.2) is 0 Å². The zero-order valence-corrected chi connectivity index (χ0v) is 14.7. The molecule has 0 aliphatic carbocycles. The fraction of sp³-hybridized carbons (Fsp3) is 0. The second-order valence-corrected chi connectivity index (χ2v) is 3.68. The zero-order valence-electron chi connectivity index (χ0n) is 7.02. The van der Waals surface area contributed by atoms with Crippen LogP contribution in [0.25, 0.3) is 0 Å². The van der Waals surface area contributed by atoms with Crippen LogP contribution in [0.1, 0.15) is 1.43 Å². The summed E-state index contributed by atoms with van der Waals surface area (Å²) in [6, 6.07) is 0. The summed E-state index contributed by atoms with van der Waals surface area (Å²) >= 11 is 0. The molecular weight excluding hydrogens is 351 g/mol. The van der Waals surface area contributed by atoms with Crippen molar-refractivity contribution < 1.29 is 64.0 Å². The standard InChI is InChI=1S/ClH.Na.H4O7P2.Sn.3H/c;;1-8(2,3)7-9(4,5)6;;;;/h1H;;(H2,1,2,3)(H2,4,5,6);;;;/q;+1;;;;;-1. The van der Waals surface area contributed by atoms with Crippen molar-refractivity contribution in [1.29, 1.82) is 0 Å². The third-order valence-electron chi connectivity index (χ3n) is 0.213. The molecule has 0 rings (SSSR count). The van der Waals surface area contributed by atoms with Crippen molar-refractivity contribution in [3.8, 4) is 0 Å². The molecule has 0 aromatic carbocycles. The Hall–Kier alpha value is 2.35. The van der Waals surface area contributed by atoms with Gasteiger partial charge in [0.1, 0.15) is 0 Å². The van der Waals surface area contributed by atoms with Crippen LogP contribution in [0.2, 0.25) is 0 Å². The van der Waals surface area contributed by atoms with Gasteiger partial charge in [-0.15, -0.1) is 12.4 Å². The maximum atomic E-state index is 9.63. The van der Waals surface area contributed by atoms with Gasteiger partial charge in [-0.2, -0.15) is 4.31 Å². The third-order valence-corrected chi connectivity index (χ3v) is 1.91. The molecule has 0 aromatic heterocycles. The molecule has 0 bridgehead atoms. The molecule has 0 aromatic rings. The van der Waals surface area contributed by atoms with Crippen LogP contribution >= 0.6 is 28.1 Å². The molecule has 0 saturated carbocycles. The van der Waals surface area contributed by atoms with Gasteiger partial charge in [-0.05, 0) is 0 Å². The summed E-state index contributed by atoms with van der Waals surface area (Å²) in [5, 5.41) is 0. The first-order chi connectivity index (χ1) is 3.71. The summed E-state index contributed by atoms with van der Waals surface area (Å²) in [4.78, 5) is 31.0. The van der Waals surface area contributed by atoms with Crippen LogP contribution in [-0.4, -0.2) is 43.5 Å². The van der Waals surface area contributed by atoms with Crippen molar-refractivity contribution in [2.45, 2.75) is 0 Å². The van der Waals surface area contributed by atoms with E-state index in [-0.39, 0.29) is 67.3 Å². The molecule has 0 aliphatic rings. The molecule has 12 heavy (non-hydrogen) atoms. The van der Waals surface area contributed by atoms with Crippen LogP contribution in [-0.2, 0) is 13.4 Å². The Morgan fingerprint density at radius 3 is 1.17 bits per heavy atom. The Bertz CT molecular complexity index is 167. The maximum absolute atomic E-state index is 9.63. The van der Waals surface area contributed by atoms with Crippen molar-refractivity contribution in [2.24, 2.45) is 0 Å². The Balaban J connectivity index is -0.0000000533. The predicted molar refractivity (Wildman–Crippen MR) is 42.1 cm³/mol. The van der Waals surface area contributed by atoms with Crippen LogP contribution in [0.3, 0.4) is 0 Å². The van der Waals surface area contributed by atoms with Gasteiger partial charge in [-0.25, -0.2) is 9.13 Å². The van der Waals surface area contributed by atoms with Gasteiger partial charge in [0, 0.05) is 0 Å². The Labute approximate surface area is 115 Å². The van der Waals surface area contributed by atoms with Crippen molar-refractivity contribution in [1.82, 2.24) is 0 Å². The summed E-state index contributed by atoms with van der Waals surface area (Å²) < 4.78 is 22.2. The van der Waals surface area contributed by atoms with Gasteiger partial charge in [0.25, 0.3) is 0 Å². The molecule has 0 amide bonds. The molecule has 2 radical (unpaired) electrons. The Kier molecular flexibility index (Phi) is 17.2. The van der Waals surface area contributed by atoms with E-state index in [2.05, 4.69) is 4.31 Å². The molecule has 0 heterocycles. The first kappa shape index (κ1) is 23.9. The first-order valence-electron chi connectivity index (χ1n) is 1.53. The molecule has 0 spiro atoms. The summed E-state index contributed by atoms with van der Waals surface area (Å²) in [7, 11) is -10.1.